The van der Waals surface area contributed by atoms with Crippen molar-refractivity contribution >= 4 is 12.0 Å². The van der Waals surface area contributed by atoms with Crippen LogP contribution >= 0.6 is 0 Å². The molecule has 1 aliphatic heterocycles. The van der Waals surface area contributed by atoms with Crippen molar-refractivity contribution in [2.45, 2.75) is 64.0 Å². The molecule has 2 rings (SSSR count). The van der Waals surface area contributed by atoms with Crippen LogP contribution in [0.5, 0.6) is 0 Å². The highest BCUT2D eigenvalue weighted by atomic mass is 16.5. The topological polar surface area (TPSA) is 58.6 Å². The molecule has 1 saturated heterocycles. The van der Waals surface area contributed by atoms with E-state index in [1.807, 2.05) is 4.90 Å². The third-order valence-electron chi connectivity index (χ3n) is 4.68. The van der Waals surface area contributed by atoms with Crippen LogP contribution in [0.15, 0.2) is 0 Å². The maximum absolute atomic E-state index is 12.8. The molecule has 20 heavy (non-hydrogen) atoms. The Labute approximate surface area is 121 Å². The van der Waals surface area contributed by atoms with E-state index in [4.69, 9.17) is 4.74 Å². The fourth-order valence-corrected chi connectivity index (χ4v) is 3.47. The molecule has 5 nitrogen and oxygen atoms in total. The van der Waals surface area contributed by atoms with Gasteiger partial charge in [-0.05, 0) is 38.5 Å². The van der Waals surface area contributed by atoms with Gasteiger partial charge in [0.1, 0.15) is 6.04 Å². The van der Waals surface area contributed by atoms with Gasteiger partial charge in [0.2, 0.25) is 5.91 Å². The number of ether oxygens (including phenoxy) is 1. The lowest BCUT2D eigenvalue weighted by molar-refractivity contribution is -0.135. The minimum absolute atomic E-state index is 0.0762. The molecule has 0 spiro atoms. The van der Waals surface area contributed by atoms with E-state index in [2.05, 4.69) is 12.2 Å². The number of nitrogens with one attached hydrogen (secondary N) is 1. The molecule has 1 N–H and O–H groups in total. The molecular weight excluding hydrogens is 256 g/mol. The lowest BCUT2D eigenvalue weighted by atomic mass is 9.83. The number of hydrogen-bond donors (Lipinski definition) is 1. The summed E-state index contributed by atoms with van der Waals surface area (Å²) in [6.07, 6.45) is 7.17. The van der Waals surface area contributed by atoms with Gasteiger partial charge in [-0.2, -0.15) is 0 Å². The minimum Gasteiger partial charge on any atom is -0.453 e. The number of rotatable bonds is 3. The van der Waals surface area contributed by atoms with Crippen molar-refractivity contribution in [2.24, 2.45) is 5.92 Å². The van der Waals surface area contributed by atoms with Crippen LogP contribution in [-0.4, -0.2) is 42.6 Å². The van der Waals surface area contributed by atoms with Crippen LogP contribution in [0.4, 0.5) is 4.79 Å². The van der Waals surface area contributed by atoms with Crippen LogP contribution < -0.4 is 5.32 Å². The number of hydrogen-bond acceptors (Lipinski definition) is 3. The Balaban J connectivity index is 2.07. The van der Waals surface area contributed by atoms with Crippen molar-refractivity contribution in [3.05, 3.63) is 0 Å². The van der Waals surface area contributed by atoms with Crippen LogP contribution in [0.3, 0.4) is 0 Å². The van der Waals surface area contributed by atoms with Gasteiger partial charge in [-0.25, -0.2) is 4.79 Å². The van der Waals surface area contributed by atoms with Crippen LogP contribution in [0.25, 0.3) is 0 Å². The molecule has 0 bridgehead atoms. The predicted molar refractivity (Wildman–Crippen MR) is 76.3 cm³/mol. The van der Waals surface area contributed by atoms with Crippen LogP contribution in [0, 0.1) is 5.92 Å². The Morgan fingerprint density at radius 1 is 1.15 bits per heavy atom. The monoisotopic (exact) mass is 282 g/mol. The predicted octanol–water partition coefficient (Wildman–Crippen LogP) is 2.30. The third-order valence-corrected chi connectivity index (χ3v) is 4.68. The maximum atomic E-state index is 12.8. The fourth-order valence-electron chi connectivity index (χ4n) is 3.47. The zero-order valence-corrected chi connectivity index (χ0v) is 12.6. The summed E-state index contributed by atoms with van der Waals surface area (Å²) >= 11 is 0. The summed E-state index contributed by atoms with van der Waals surface area (Å²) in [5.74, 6) is 0.329. The average Bonchev–Trinajstić information content (AvgIpc) is 2.91. The number of carbonyl (C=O) groups is 2. The van der Waals surface area contributed by atoms with E-state index in [1.165, 1.54) is 13.5 Å². The van der Waals surface area contributed by atoms with Crippen LogP contribution in [0.1, 0.15) is 51.9 Å². The molecule has 1 aliphatic carbocycles. The van der Waals surface area contributed by atoms with Gasteiger partial charge in [0.05, 0.1) is 7.11 Å². The second kappa shape index (κ2) is 6.95. The number of likely N-dealkylation sites (tertiary alicyclic amines) is 1. The van der Waals surface area contributed by atoms with E-state index >= 15 is 0 Å². The number of alkyl carbamates (subject to hydrolysis) is 1. The van der Waals surface area contributed by atoms with Gasteiger partial charge < -0.3 is 15.0 Å². The fraction of sp³-hybridized carbons (Fsp3) is 0.867. The molecule has 0 aromatic rings. The highest BCUT2D eigenvalue weighted by molar-refractivity contribution is 5.86. The first-order valence-electron chi connectivity index (χ1n) is 7.78. The minimum atomic E-state index is -0.499. The zero-order chi connectivity index (χ0) is 14.5. The van der Waals surface area contributed by atoms with E-state index in [1.54, 1.807) is 0 Å². The van der Waals surface area contributed by atoms with Crippen molar-refractivity contribution in [3.63, 3.8) is 0 Å². The molecule has 5 heteroatoms. The quantitative estimate of drug-likeness (QED) is 0.864. The molecule has 1 saturated carbocycles. The lowest BCUT2D eigenvalue weighted by Gasteiger charge is -2.33. The zero-order valence-electron chi connectivity index (χ0n) is 12.6. The first-order valence-corrected chi connectivity index (χ1v) is 7.78. The Bertz CT molecular complexity index is 353. The number of carbonyl (C=O) groups excluding carboxylic acids is 2. The van der Waals surface area contributed by atoms with E-state index in [-0.39, 0.29) is 17.9 Å². The Morgan fingerprint density at radius 2 is 1.85 bits per heavy atom. The van der Waals surface area contributed by atoms with Gasteiger partial charge in [0, 0.05) is 12.6 Å². The first kappa shape index (κ1) is 15.1. The number of amides is 2. The Hall–Kier alpha value is -1.26. The first-order chi connectivity index (χ1) is 9.63. The normalized spacial score (nSPS) is 25.3. The molecule has 2 atom stereocenters. The van der Waals surface area contributed by atoms with Crippen LogP contribution in [-0.2, 0) is 9.53 Å². The molecule has 0 radical (unpaired) electrons. The molecule has 1 heterocycles. The molecule has 0 aromatic heterocycles. The van der Waals surface area contributed by atoms with E-state index < -0.39 is 12.1 Å². The van der Waals surface area contributed by atoms with Crippen molar-refractivity contribution in [3.8, 4) is 0 Å². The van der Waals surface area contributed by atoms with Crippen molar-refractivity contribution in [1.29, 1.82) is 0 Å². The number of methoxy groups -OCH3 is 1. The third kappa shape index (κ3) is 3.44. The van der Waals surface area contributed by atoms with Crippen molar-refractivity contribution in [1.82, 2.24) is 10.2 Å². The maximum Gasteiger partial charge on any atom is 0.407 e. The van der Waals surface area contributed by atoms with E-state index in [9.17, 15) is 9.59 Å². The van der Waals surface area contributed by atoms with Crippen LogP contribution in [0.2, 0.25) is 0 Å². The molecule has 2 amide bonds. The molecule has 114 valence electrons. The van der Waals surface area contributed by atoms with Gasteiger partial charge in [0.25, 0.3) is 0 Å². The summed E-state index contributed by atoms with van der Waals surface area (Å²) in [4.78, 5) is 26.2. The van der Waals surface area contributed by atoms with Gasteiger partial charge in [-0.3, -0.25) is 4.79 Å². The highest BCUT2D eigenvalue weighted by Gasteiger charge is 2.36. The Kier molecular flexibility index (Phi) is 5.26. The summed E-state index contributed by atoms with van der Waals surface area (Å²) in [5, 5.41) is 2.78. The SMILES string of the molecule is COC(=O)NC(C(=O)N1CCC[C@H]1C)C1CCCCC1. The standard InChI is InChI=1S/C15H26N2O3/c1-11-7-6-10-17(11)14(18)13(16-15(19)20-2)12-8-4-3-5-9-12/h11-13H,3-10H2,1-2H3,(H,16,19)/t11-,13?/m1/s1. The molecule has 0 aromatic carbocycles. The molecule has 2 fully saturated rings. The van der Waals surface area contributed by atoms with E-state index in [0.717, 1.165) is 45.1 Å². The summed E-state index contributed by atoms with van der Waals surface area (Å²) in [6, 6.07) is -0.128. The van der Waals surface area contributed by atoms with E-state index in [0.29, 0.717) is 0 Å². The average molecular weight is 282 g/mol. The second-order valence-corrected chi connectivity index (χ2v) is 6.03. The summed E-state index contributed by atoms with van der Waals surface area (Å²) in [5.41, 5.74) is 0. The molecule has 2 aliphatic rings. The second-order valence-electron chi connectivity index (χ2n) is 6.03. The summed E-state index contributed by atoms with van der Waals surface area (Å²) in [6.45, 7) is 2.90. The number of nitrogens with zero attached hydrogens (tertiary/aromatic N) is 1. The largest absolute Gasteiger partial charge is 0.453 e. The van der Waals surface area contributed by atoms with Gasteiger partial charge in [-0.15, -0.1) is 0 Å². The lowest BCUT2D eigenvalue weighted by Crippen LogP contribution is -2.53. The van der Waals surface area contributed by atoms with Crippen molar-refractivity contribution in [2.75, 3.05) is 13.7 Å². The highest BCUT2D eigenvalue weighted by Crippen LogP contribution is 2.29. The van der Waals surface area contributed by atoms with Gasteiger partial charge >= 0.3 is 6.09 Å². The Morgan fingerprint density at radius 3 is 2.40 bits per heavy atom. The van der Waals surface area contributed by atoms with Gasteiger partial charge in [0.15, 0.2) is 0 Å². The van der Waals surface area contributed by atoms with Crippen molar-refractivity contribution < 1.29 is 14.3 Å². The summed E-state index contributed by atoms with van der Waals surface area (Å²) in [7, 11) is 1.34. The molecular formula is C15H26N2O3. The summed E-state index contributed by atoms with van der Waals surface area (Å²) < 4.78 is 4.69. The van der Waals surface area contributed by atoms with Gasteiger partial charge in [-0.1, -0.05) is 19.3 Å². The smallest absolute Gasteiger partial charge is 0.407 e. The molecule has 1 unspecified atom stereocenters.